The van der Waals surface area contributed by atoms with Crippen molar-refractivity contribution in [2.45, 2.75) is 0 Å². The molecule has 1 N–H and O–H groups in total. The van der Waals surface area contributed by atoms with Crippen molar-refractivity contribution >= 4 is 18.6 Å². The molecular weight excluding hydrogens is 112 g/mol. The zero-order valence-corrected chi connectivity index (χ0v) is 5.09. The first-order valence-electron chi connectivity index (χ1n) is 2.65. The van der Waals surface area contributed by atoms with Crippen LogP contribution in [0.25, 0.3) is 6.08 Å². The van der Waals surface area contributed by atoms with Crippen LogP contribution >= 0.6 is 0 Å². The van der Waals surface area contributed by atoms with Crippen LogP contribution in [0, 0.1) is 0 Å². The second-order valence-electron chi connectivity index (χ2n) is 1.64. The highest BCUT2D eigenvalue weighted by molar-refractivity contribution is 5.61. The molecule has 1 rings (SSSR count). The van der Waals surface area contributed by atoms with Crippen LogP contribution < -0.4 is 0 Å². The average Bonchev–Trinajstić information content (AvgIpc) is 2.33. The third kappa shape index (κ3) is 0.914. The summed E-state index contributed by atoms with van der Waals surface area (Å²) < 4.78 is 0. The van der Waals surface area contributed by atoms with Crippen LogP contribution in [-0.4, -0.2) is 11.7 Å². The summed E-state index contributed by atoms with van der Waals surface area (Å²) in [5, 5.41) is 0. The fourth-order valence-corrected chi connectivity index (χ4v) is 0.674. The molecule has 2 nitrogen and oxygen atoms in total. The third-order valence-electron chi connectivity index (χ3n) is 1.13. The van der Waals surface area contributed by atoms with Gasteiger partial charge in [-0.25, -0.2) is 4.99 Å². The Balaban J connectivity index is 0.000000810. The maximum Gasteiger partial charge on any atom is 0.136 e. The highest BCUT2D eigenvalue weighted by atomic mass is 14.9. The van der Waals surface area contributed by atoms with Gasteiger partial charge in [-0.05, 0) is 12.8 Å². The fourth-order valence-electron chi connectivity index (χ4n) is 0.674. The van der Waals surface area contributed by atoms with Crippen molar-refractivity contribution in [1.82, 2.24) is 4.98 Å². The largest absolute Gasteiger partial charge is 0.346 e. The minimum atomic E-state index is 0. The summed E-state index contributed by atoms with van der Waals surface area (Å²) in [5.74, 6) is 0.782. The van der Waals surface area contributed by atoms with E-state index in [2.05, 4.69) is 23.3 Å². The number of nitrogens with one attached hydrogen (secondary N) is 1. The summed E-state index contributed by atoms with van der Waals surface area (Å²) in [6, 6.07) is 1.90. The second kappa shape index (κ2) is 2.31. The van der Waals surface area contributed by atoms with Crippen molar-refractivity contribution in [3.05, 3.63) is 24.4 Å². The van der Waals surface area contributed by atoms with Gasteiger partial charge in [-0.2, -0.15) is 0 Å². The van der Waals surface area contributed by atoms with E-state index in [0.717, 1.165) is 11.4 Å². The molecule has 1 aromatic heterocycles. The standard InChI is InChI=1S/C7H8N2.H2/c1-3-6-4-5-9-7(6)8-2;/h3-5,9H,1-2H2;1H. The Morgan fingerprint density at radius 2 is 2.56 bits per heavy atom. The summed E-state index contributed by atoms with van der Waals surface area (Å²) in [5.41, 5.74) is 0.991. The molecule has 0 spiro atoms. The molecule has 0 atom stereocenters. The Morgan fingerprint density at radius 1 is 1.78 bits per heavy atom. The lowest BCUT2D eigenvalue weighted by molar-refractivity contribution is 1.35. The number of hydrogen-bond donors (Lipinski definition) is 1. The van der Waals surface area contributed by atoms with Crippen LogP contribution in [0.15, 0.2) is 23.8 Å². The molecule has 0 aliphatic carbocycles. The molecule has 9 heavy (non-hydrogen) atoms. The van der Waals surface area contributed by atoms with Gasteiger partial charge in [-0.3, -0.25) is 0 Å². The minimum Gasteiger partial charge on any atom is -0.346 e. The van der Waals surface area contributed by atoms with Gasteiger partial charge in [0, 0.05) is 13.2 Å². The summed E-state index contributed by atoms with van der Waals surface area (Å²) in [6.07, 6.45) is 3.54. The summed E-state index contributed by atoms with van der Waals surface area (Å²) >= 11 is 0. The van der Waals surface area contributed by atoms with E-state index in [1.165, 1.54) is 0 Å². The van der Waals surface area contributed by atoms with Crippen molar-refractivity contribution in [3.63, 3.8) is 0 Å². The normalized spacial score (nSPS) is 8.89. The van der Waals surface area contributed by atoms with Gasteiger partial charge in [0.05, 0.1) is 0 Å². The molecular formula is C7H10N2. The highest BCUT2D eigenvalue weighted by Crippen LogP contribution is 2.15. The fraction of sp³-hybridized carbons (Fsp3) is 0. The van der Waals surface area contributed by atoms with Gasteiger partial charge in [-0.1, -0.05) is 12.7 Å². The topological polar surface area (TPSA) is 28.1 Å². The maximum absolute atomic E-state index is 3.72. The number of aliphatic imine (C=N–C) groups is 1. The number of rotatable bonds is 2. The monoisotopic (exact) mass is 122 g/mol. The Morgan fingerprint density at radius 3 is 3.00 bits per heavy atom. The minimum absolute atomic E-state index is 0. The lowest BCUT2D eigenvalue weighted by Crippen LogP contribution is -1.63. The molecule has 0 amide bonds. The Bertz CT molecular complexity index is 205. The SMILES string of the molecule is C=Cc1cc[nH]c1N=C.[HH]. The van der Waals surface area contributed by atoms with Gasteiger partial charge in [0.2, 0.25) is 0 Å². The van der Waals surface area contributed by atoms with Gasteiger partial charge in [0.25, 0.3) is 0 Å². The van der Waals surface area contributed by atoms with Gasteiger partial charge in [-0.15, -0.1) is 0 Å². The van der Waals surface area contributed by atoms with E-state index in [0.29, 0.717) is 0 Å². The molecule has 0 saturated heterocycles. The maximum atomic E-state index is 3.72. The molecule has 0 aliphatic rings. The van der Waals surface area contributed by atoms with E-state index < -0.39 is 0 Å². The first-order valence-corrected chi connectivity index (χ1v) is 2.65. The first kappa shape index (κ1) is 5.82. The Labute approximate surface area is 55.4 Å². The van der Waals surface area contributed by atoms with E-state index >= 15 is 0 Å². The van der Waals surface area contributed by atoms with Crippen LogP contribution in [0.2, 0.25) is 0 Å². The van der Waals surface area contributed by atoms with E-state index in [9.17, 15) is 0 Å². The van der Waals surface area contributed by atoms with E-state index in [-0.39, 0.29) is 1.43 Å². The zero-order valence-electron chi connectivity index (χ0n) is 5.09. The van der Waals surface area contributed by atoms with Crippen molar-refractivity contribution in [1.29, 1.82) is 0 Å². The molecule has 2 heteroatoms. The molecule has 0 aromatic carbocycles. The molecule has 1 heterocycles. The van der Waals surface area contributed by atoms with E-state index in [1.54, 1.807) is 12.3 Å². The van der Waals surface area contributed by atoms with Crippen LogP contribution in [0.5, 0.6) is 0 Å². The molecule has 0 unspecified atom stereocenters. The Kier molecular flexibility index (Phi) is 1.49. The summed E-state index contributed by atoms with van der Waals surface area (Å²) in [4.78, 5) is 6.63. The number of hydrogen-bond acceptors (Lipinski definition) is 1. The lowest BCUT2D eigenvalue weighted by atomic mass is 10.3. The van der Waals surface area contributed by atoms with E-state index in [4.69, 9.17) is 0 Å². The van der Waals surface area contributed by atoms with Gasteiger partial charge in [0.15, 0.2) is 0 Å². The lowest BCUT2D eigenvalue weighted by Gasteiger charge is -1.85. The number of H-pyrrole nitrogens is 1. The predicted molar refractivity (Wildman–Crippen MR) is 42.2 cm³/mol. The molecule has 0 bridgehead atoms. The summed E-state index contributed by atoms with van der Waals surface area (Å²) in [7, 11) is 0. The number of nitrogens with zero attached hydrogens (tertiary/aromatic N) is 1. The molecule has 1 aromatic rings. The molecule has 48 valence electrons. The Hall–Kier alpha value is -1.31. The van der Waals surface area contributed by atoms with Gasteiger partial charge in [0.1, 0.15) is 5.82 Å². The average molecular weight is 122 g/mol. The molecule has 0 radical (unpaired) electrons. The van der Waals surface area contributed by atoms with Crippen molar-refractivity contribution in [2.24, 2.45) is 4.99 Å². The van der Waals surface area contributed by atoms with Crippen LogP contribution in [0.1, 0.15) is 6.99 Å². The molecule has 0 saturated carbocycles. The van der Waals surface area contributed by atoms with Crippen LogP contribution in [0.3, 0.4) is 0 Å². The zero-order chi connectivity index (χ0) is 6.69. The molecule has 0 aliphatic heterocycles. The predicted octanol–water partition coefficient (Wildman–Crippen LogP) is 2.24. The van der Waals surface area contributed by atoms with E-state index in [1.807, 2.05) is 6.07 Å². The number of aromatic nitrogens is 1. The van der Waals surface area contributed by atoms with Gasteiger partial charge < -0.3 is 4.98 Å². The third-order valence-corrected chi connectivity index (χ3v) is 1.13. The second-order valence-corrected chi connectivity index (χ2v) is 1.64. The summed E-state index contributed by atoms with van der Waals surface area (Å²) in [6.45, 7) is 6.99. The van der Waals surface area contributed by atoms with Crippen molar-refractivity contribution in [3.8, 4) is 0 Å². The highest BCUT2D eigenvalue weighted by Gasteiger charge is 1.92. The van der Waals surface area contributed by atoms with Crippen LogP contribution in [0.4, 0.5) is 5.82 Å². The number of aromatic amines is 1. The van der Waals surface area contributed by atoms with Crippen LogP contribution in [-0.2, 0) is 0 Å². The quantitative estimate of drug-likeness (QED) is 0.583. The van der Waals surface area contributed by atoms with Crippen molar-refractivity contribution < 1.29 is 1.43 Å². The first-order chi connectivity index (χ1) is 4.38. The van der Waals surface area contributed by atoms with Crippen molar-refractivity contribution in [2.75, 3.05) is 0 Å². The molecule has 0 fully saturated rings. The smallest absolute Gasteiger partial charge is 0.136 e. The van der Waals surface area contributed by atoms with Gasteiger partial charge >= 0.3 is 0 Å².